The molecule has 2 heterocycles. The average molecular weight is 415 g/mol. The molecule has 0 radical (unpaired) electrons. The molecular weight excluding hydrogens is 388 g/mol. The van der Waals surface area contributed by atoms with Gasteiger partial charge < -0.3 is 19.6 Å². The summed E-state index contributed by atoms with van der Waals surface area (Å²) >= 11 is 1.30. The Balaban J connectivity index is 1.98. The average Bonchev–Trinajstić information content (AvgIpc) is 3.33. The SMILES string of the molecule is CCCOc1ccc([C@@H]2C(C(=O)c3cccs3)=C(O)C(=O)N2CCN(C)C)cc1. The van der Waals surface area contributed by atoms with Gasteiger partial charge in [0.15, 0.2) is 5.76 Å². The Morgan fingerprint density at radius 2 is 1.97 bits per heavy atom. The third-order valence-corrected chi connectivity index (χ3v) is 5.62. The van der Waals surface area contributed by atoms with E-state index >= 15 is 0 Å². The van der Waals surface area contributed by atoms with Crippen molar-refractivity contribution in [1.82, 2.24) is 9.80 Å². The number of aliphatic hydroxyl groups excluding tert-OH is 1. The molecule has 7 heteroatoms. The number of nitrogens with zero attached hydrogens (tertiary/aromatic N) is 2. The number of ether oxygens (including phenoxy) is 1. The van der Waals surface area contributed by atoms with E-state index in [9.17, 15) is 14.7 Å². The van der Waals surface area contributed by atoms with Crippen LogP contribution in [0.2, 0.25) is 0 Å². The fraction of sp³-hybridized carbons (Fsp3) is 0.364. The van der Waals surface area contributed by atoms with Crippen LogP contribution in [0.4, 0.5) is 0 Å². The molecule has 1 atom stereocenters. The Morgan fingerprint density at radius 3 is 2.55 bits per heavy atom. The molecule has 3 rings (SSSR count). The number of amides is 1. The summed E-state index contributed by atoms with van der Waals surface area (Å²) in [6, 6.07) is 10.2. The normalized spacial score (nSPS) is 16.8. The molecular formula is C22H26N2O4S. The first kappa shape index (κ1) is 21.1. The van der Waals surface area contributed by atoms with E-state index in [1.807, 2.05) is 50.2 Å². The van der Waals surface area contributed by atoms with Crippen molar-refractivity contribution < 1.29 is 19.4 Å². The largest absolute Gasteiger partial charge is 0.503 e. The van der Waals surface area contributed by atoms with Crippen LogP contribution < -0.4 is 4.74 Å². The van der Waals surface area contributed by atoms with E-state index in [1.54, 1.807) is 22.4 Å². The summed E-state index contributed by atoms with van der Waals surface area (Å²) in [5.74, 6) is -0.546. The van der Waals surface area contributed by atoms with Crippen LogP contribution in [0.3, 0.4) is 0 Å². The van der Waals surface area contributed by atoms with E-state index in [4.69, 9.17) is 4.74 Å². The molecule has 0 fully saturated rings. The van der Waals surface area contributed by atoms with Crippen LogP contribution in [0.15, 0.2) is 53.1 Å². The maximum atomic E-state index is 13.1. The Hall–Kier alpha value is -2.64. The van der Waals surface area contributed by atoms with Crippen molar-refractivity contribution in [2.45, 2.75) is 19.4 Å². The lowest BCUT2D eigenvalue weighted by molar-refractivity contribution is -0.129. The fourth-order valence-corrected chi connectivity index (χ4v) is 3.96. The highest BCUT2D eigenvalue weighted by Crippen LogP contribution is 2.39. The van der Waals surface area contributed by atoms with Gasteiger partial charge in [-0.1, -0.05) is 25.1 Å². The van der Waals surface area contributed by atoms with Gasteiger partial charge in [0.25, 0.3) is 5.91 Å². The maximum Gasteiger partial charge on any atom is 0.290 e. The molecule has 6 nitrogen and oxygen atoms in total. The second-order valence-electron chi connectivity index (χ2n) is 7.19. The van der Waals surface area contributed by atoms with Crippen molar-refractivity contribution in [3.63, 3.8) is 0 Å². The van der Waals surface area contributed by atoms with E-state index in [-0.39, 0.29) is 11.4 Å². The lowest BCUT2D eigenvalue weighted by Gasteiger charge is -2.28. The molecule has 1 amide bonds. The van der Waals surface area contributed by atoms with Gasteiger partial charge in [-0.25, -0.2) is 0 Å². The number of thiophene rings is 1. The van der Waals surface area contributed by atoms with Gasteiger partial charge in [0.1, 0.15) is 5.75 Å². The topological polar surface area (TPSA) is 70.1 Å². The number of aliphatic hydroxyl groups is 1. The minimum atomic E-state index is -0.628. The fourth-order valence-electron chi connectivity index (χ4n) is 3.28. The minimum absolute atomic E-state index is 0.137. The zero-order valence-corrected chi connectivity index (χ0v) is 17.7. The molecule has 1 aliphatic heterocycles. The number of rotatable bonds is 9. The first-order chi connectivity index (χ1) is 13.9. The number of carbonyl (C=O) groups is 2. The van der Waals surface area contributed by atoms with Crippen LogP contribution in [-0.2, 0) is 4.79 Å². The minimum Gasteiger partial charge on any atom is -0.503 e. The summed E-state index contributed by atoms with van der Waals surface area (Å²) in [7, 11) is 3.83. The van der Waals surface area contributed by atoms with Crippen LogP contribution in [-0.4, -0.2) is 60.4 Å². The number of hydrogen-bond acceptors (Lipinski definition) is 6. The lowest BCUT2D eigenvalue weighted by atomic mass is 9.95. The summed E-state index contributed by atoms with van der Waals surface area (Å²) in [5.41, 5.74) is 0.906. The second kappa shape index (κ2) is 9.24. The number of benzene rings is 1. The zero-order valence-electron chi connectivity index (χ0n) is 16.9. The summed E-state index contributed by atoms with van der Waals surface area (Å²) in [5, 5.41) is 12.4. The monoisotopic (exact) mass is 414 g/mol. The quantitative estimate of drug-likeness (QED) is 0.634. The number of hydrogen-bond donors (Lipinski definition) is 1. The molecule has 0 saturated carbocycles. The predicted octanol–water partition coefficient (Wildman–Crippen LogP) is 3.68. The van der Waals surface area contributed by atoms with Crippen molar-refractivity contribution in [1.29, 1.82) is 0 Å². The summed E-state index contributed by atoms with van der Waals surface area (Å²) in [4.78, 5) is 30.0. The van der Waals surface area contributed by atoms with E-state index in [2.05, 4.69) is 0 Å². The molecule has 0 bridgehead atoms. The van der Waals surface area contributed by atoms with E-state index in [1.165, 1.54) is 11.3 Å². The molecule has 154 valence electrons. The first-order valence-electron chi connectivity index (χ1n) is 9.63. The van der Waals surface area contributed by atoms with Crippen LogP contribution in [0, 0.1) is 0 Å². The highest BCUT2D eigenvalue weighted by Gasteiger charge is 2.43. The lowest BCUT2D eigenvalue weighted by Crippen LogP contribution is -2.36. The van der Waals surface area contributed by atoms with Crippen molar-refractivity contribution in [2.75, 3.05) is 33.8 Å². The van der Waals surface area contributed by atoms with Gasteiger partial charge in [-0.05, 0) is 49.7 Å². The van der Waals surface area contributed by atoms with Crippen LogP contribution in [0.1, 0.15) is 34.6 Å². The number of carbonyl (C=O) groups excluding carboxylic acids is 2. The third-order valence-electron chi connectivity index (χ3n) is 4.75. The highest BCUT2D eigenvalue weighted by molar-refractivity contribution is 7.12. The van der Waals surface area contributed by atoms with Gasteiger partial charge in [-0.15, -0.1) is 11.3 Å². The maximum absolute atomic E-state index is 13.1. The predicted molar refractivity (Wildman–Crippen MR) is 114 cm³/mol. The second-order valence-corrected chi connectivity index (χ2v) is 8.14. The van der Waals surface area contributed by atoms with Gasteiger partial charge >= 0.3 is 0 Å². The molecule has 2 aromatic rings. The Morgan fingerprint density at radius 1 is 1.24 bits per heavy atom. The van der Waals surface area contributed by atoms with Crippen molar-refractivity contribution in [2.24, 2.45) is 0 Å². The number of likely N-dealkylation sites (N-methyl/N-ethyl adjacent to an activating group) is 1. The summed E-state index contributed by atoms with van der Waals surface area (Å²) in [6.07, 6.45) is 0.910. The smallest absolute Gasteiger partial charge is 0.290 e. The van der Waals surface area contributed by atoms with Crippen LogP contribution in [0.25, 0.3) is 0 Å². The molecule has 1 aromatic heterocycles. The van der Waals surface area contributed by atoms with Gasteiger partial charge in [-0.3, -0.25) is 9.59 Å². The number of ketones is 1. The van der Waals surface area contributed by atoms with Gasteiger partial charge in [-0.2, -0.15) is 0 Å². The molecule has 1 aromatic carbocycles. The molecule has 1 aliphatic rings. The van der Waals surface area contributed by atoms with Crippen molar-refractivity contribution in [3.05, 3.63) is 63.6 Å². The summed E-state index contributed by atoms with van der Waals surface area (Å²) in [6.45, 7) is 3.68. The Labute approximate surface area is 175 Å². The van der Waals surface area contributed by atoms with E-state index in [0.29, 0.717) is 24.6 Å². The van der Waals surface area contributed by atoms with Gasteiger partial charge in [0.2, 0.25) is 5.78 Å². The summed E-state index contributed by atoms with van der Waals surface area (Å²) < 4.78 is 5.64. The third kappa shape index (κ3) is 4.52. The molecule has 0 saturated heterocycles. The van der Waals surface area contributed by atoms with Crippen molar-refractivity contribution in [3.8, 4) is 5.75 Å². The molecule has 0 spiro atoms. The zero-order chi connectivity index (χ0) is 21.0. The molecule has 0 aliphatic carbocycles. The van der Waals surface area contributed by atoms with Crippen LogP contribution >= 0.6 is 11.3 Å². The van der Waals surface area contributed by atoms with Gasteiger partial charge in [0.05, 0.1) is 23.1 Å². The highest BCUT2D eigenvalue weighted by atomic mass is 32.1. The standard InChI is InChI=1S/C22H26N2O4S/c1-4-13-28-16-9-7-15(8-10-16)19-18(20(25)17-6-5-14-29-17)21(26)22(27)24(19)12-11-23(2)3/h5-10,14,19,26H,4,11-13H2,1-3H3/t19-/m1/s1. The number of Topliss-reactive ketones (excluding diaryl/α,β-unsaturated/α-hetero) is 1. The Kier molecular flexibility index (Phi) is 6.71. The molecule has 1 N–H and O–H groups in total. The molecule has 0 unspecified atom stereocenters. The van der Waals surface area contributed by atoms with E-state index in [0.717, 1.165) is 17.7 Å². The molecule has 29 heavy (non-hydrogen) atoms. The van der Waals surface area contributed by atoms with E-state index < -0.39 is 17.7 Å². The first-order valence-corrected chi connectivity index (χ1v) is 10.5. The van der Waals surface area contributed by atoms with Crippen LogP contribution in [0.5, 0.6) is 5.75 Å². The Bertz CT molecular complexity index is 888. The van der Waals surface area contributed by atoms with Crippen molar-refractivity contribution >= 4 is 23.0 Å². The van der Waals surface area contributed by atoms with Gasteiger partial charge in [0, 0.05) is 13.1 Å².